The highest BCUT2D eigenvalue weighted by atomic mass is 35.5. The summed E-state index contributed by atoms with van der Waals surface area (Å²) in [6.07, 6.45) is 3.91. The van der Waals surface area contributed by atoms with Gasteiger partial charge in [0.25, 0.3) is 5.24 Å². The molecule has 0 bridgehead atoms. The van der Waals surface area contributed by atoms with E-state index in [1.807, 2.05) is 6.92 Å². The molecule has 0 unspecified atom stereocenters. The summed E-state index contributed by atoms with van der Waals surface area (Å²) in [6.45, 7) is 3.62. The molecule has 6 heteroatoms. The van der Waals surface area contributed by atoms with E-state index in [4.69, 9.17) is 11.6 Å². The van der Waals surface area contributed by atoms with E-state index in [0.29, 0.717) is 12.1 Å². The largest absolute Gasteiger partial charge is 0.370 e. The maximum Gasteiger partial charge on any atom is 0.252 e. The fourth-order valence-electron chi connectivity index (χ4n) is 2.59. The van der Waals surface area contributed by atoms with Crippen LogP contribution in [0.3, 0.4) is 0 Å². The molecule has 0 amide bonds. The molecule has 2 rings (SSSR count). The Kier molecular flexibility index (Phi) is 4.39. The van der Waals surface area contributed by atoms with Gasteiger partial charge in [-0.15, -0.1) is 0 Å². The Morgan fingerprint density at radius 1 is 1.30 bits per heavy atom. The summed E-state index contributed by atoms with van der Waals surface area (Å²) in [5, 5.41) is -0.611. The molecule has 1 saturated heterocycles. The fourth-order valence-corrected chi connectivity index (χ4v) is 3.67. The van der Waals surface area contributed by atoms with Gasteiger partial charge in [0.1, 0.15) is 0 Å². The van der Waals surface area contributed by atoms with Gasteiger partial charge < -0.3 is 4.90 Å². The Morgan fingerprint density at radius 2 is 1.90 bits per heavy atom. The molecule has 0 spiro atoms. The Balaban J connectivity index is 2.67. The fraction of sp³-hybridized carbons (Fsp3) is 0.500. The van der Waals surface area contributed by atoms with Crippen LogP contribution in [0.15, 0.2) is 17.0 Å². The van der Waals surface area contributed by atoms with Crippen LogP contribution in [0.1, 0.15) is 35.7 Å². The molecular weight excluding hydrogens is 298 g/mol. The highest BCUT2D eigenvalue weighted by Gasteiger charge is 2.24. The summed E-state index contributed by atoms with van der Waals surface area (Å²) in [6, 6.07) is 3.23. The number of halogens is 1. The lowest BCUT2D eigenvalue weighted by Gasteiger charge is -2.22. The van der Waals surface area contributed by atoms with Crippen molar-refractivity contribution in [3.8, 4) is 0 Å². The standard InChI is InChI=1S/C14H18ClNO3S/c1-3-10-8-12(16-6-4-5-7-16)13(20(2,18)19)9-11(10)14(15)17/h8-9H,3-7H2,1-2H3. The van der Waals surface area contributed by atoms with Crippen molar-refractivity contribution in [1.82, 2.24) is 0 Å². The van der Waals surface area contributed by atoms with Crippen molar-refractivity contribution in [2.24, 2.45) is 0 Å². The quantitative estimate of drug-likeness (QED) is 0.802. The van der Waals surface area contributed by atoms with E-state index < -0.39 is 15.1 Å². The monoisotopic (exact) mass is 315 g/mol. The van der Waals surface area contributed by atoms with Gasteiger partial charge in [-0.1, -0.05) is 6.92 Å². The molecule has 1 aromatic carbocycles. The number of benzene rings is 1. The van der Waals surface area contributed by atoms with Gasteiger partial charge in [0.15, 0.2) is 9.84 Å². The number of hydrogen-bond donors (Lipinski definition) is 0. The molecule has 0 aromatic heterocycles. The molecule has 0 saturated carbocycles. The van der Waals surface area contributed by atoms with E-state index in [0.717, 1.165) is 37.8 Å². The predicted molar refractivity (Wildman–Crippen MR) is 80.6 cm³/mol. The first kappa shape index (κ1) is 15.3. The third-order valence-electron chi connectivity index (χ3n) is 3.62. The number of carbonyl (C=O) groups excluding carboxylic acids is 1. The van der Waals surface area contributed by atoms with Crippen LogP contribution >= 0.6 is 11.6 Å². The average Bonchev–Trinajstić information content (AvgIpc) is 2.89. The van der Waals surface area contributed by atoms with Crippen LogP contribution in [0.2, 0.25) is 0 Å². The summed E-state index contributed by atoms with van der Waals surface area (Å²) in [4.78, 5) is 13.8. The van der Waals surface area contributed by atoms with Gasteiger partial charge in [-0.2, -0.15) is 0 Å². The van der Waals surface area contributed by atoms with Crippen molar-refractivity contribution in [2.75, 3.05) is 24.2 Å². The number of rotatable bonds is 4. The number of hydrogen-bond acceptors (Lipinski definition) is 4. The maximum atomic E-state index is 12.0. The summed E-state index contributed by atoms with van der Waals surface area (Å²) >= 11 is 5.57. The summed E-state index contributed by atoms with van der Waals surface area (Å²) < 4.78 is 24.0. The normalized spacial score (nSPS) is 15.7. The van der Waals surface area contributed by atoms with E-state index in [-0.39, 0.29) is 10.5 Å². The Labute approximate surface area is 124 Å². The van der Waals surface area contributed by atoms with Crippen LogP contribution in [0.4, 0.5) is 5.69 Å². The summed E-state index contributed by atoms with van der Waals surface area (Å²) in [5.74, 6) is 0. The Bertz CT molecular complexity index is 634. The van der Waals surface area contributed by atoms with Crippen LogP contribution in [-0.4, -0.2) is 33.0 Å². The lowest BCUT2D eigenvalue weighted by Crippen LogP contribution is -2.21. The Morgan fingerprint density at radius 3 is 2.35 bits per heavy atom. The van der Waals surface area contributed by atoms with Crippen LogP contribution < -0.4 is 4.90 Å². The van der Waals surface area contributed by atoms with Gasteiger partial charge in [-0.3, -0.25) is 4.79 Å². The minimum Gasteiger partial charge on any atom is -0.370 e. The molecule has 0 aliphatic carbocycles. The zero-order valence-electron chi connectivity index (χ0n) is 11.6. The molecule has 0 N–H and O–H groups in total. The first-order valence-electron chi connectivity index (χ1n) is 6.66. The van der Waals surface area contributed by atoms with Crippen molar-refractivity contribution >= 4 is 32.4 Å². The van der Waals surface area contributed by atoms with Crippen molar-refractivity contribution in [2.45, 2.75) is 31.1 Å². The molecule has 110 valence electrons. The molecule has 1 aliphatic heterocycles. The topological polar surface area (TPSA) is 54.5 Å². The molecule has 20 heavy (non-hydrogen) atoms. The smallest absolute Gasteiger partial charge is 0.252 e. The van der Waals surface area contributed by atoms with E-state index >= 15 is 0 Å². The third kappa shape index (κ3) is 2.99. The lowest BCUT2D eigenvalue weighted by molar-refractivity contribution is 0.108. The molecule has 4 nitrogen and oxygen atoms in total. The maximum absolute atomic E-state index is 12.0. The van der Waals surface area contributed by atoms with Gasteiger partial charge >= 0.3 is 0 Å². The summed E-state index contributed by atoms with van der Waals surface area (Å²) in [7, 11) is -3.40. The zero-order valence-corrected chi connectivity index (χ0v) is 13.2. The summed E-state index contributed by atoms with van der Waals surface area (Å²) in [5.41, 5.74) is 1.78. The SMILES string of the molecule is CCc1cc(N2CCCC2)c(S(C)(=O)=O)cc1C(=O)Cl. The van der Waals surface area contributed by atoms with E-state index in [1.54, 1.807) is 6.07 Å². The minimum atomic E-state index is -3.40. The molecule has 1 aliphatic rings. The van der Waals surface area contributed by atoms with Crippen molar-refractivity contribution in [1.29, 1.82) is 0 Å². The highest BCUT2D eigenvalue weighted by molar-refractivity contribution is 7.90. The number of anilines is 1. The van der Waals surface area contributed by atoms with Crippen molar-refractivity contribution in [3.05, 3.63) is 23.3 Å². The van der Waals surface area contributed by atoms with Gasteiger partial charge in [0.05, 0.1) is 10.6 Å². The lowest BCUT2D eigenvalue weighted by atomic mass is 10.0. The van der Waals surface area contributed by atoms with E-state index in [2.05, 4.69) is 4.90 Å². The molecule has 1 fully saturated rings. The number of aryl methyl sites for hydroxylation is 1. The molecule has 1 heterocycles. The second-order valence-electron chi connectivity index (χ2n) is 5.07. The van der Waals surface area contributed by atoms with Gasteiger partial charge in [0.2, 0.25) is 0 Å². The molecular formula is C14H18ClNO3S. The minimum absolute atomic E-state index is 0.195. The third-order valence-corrected chi connectivity index (χ3v) is 4.95. The number of sulfone groups is 1. The van der Waals surface area contributed by atoms with Crippen LogP contribution in [0.5, 0.6) is 0 Å². The van der Waals surface area contributed by atoms with Crippen LogP contribution in [0, 0.1) is 0 Å². The second-order valence-corrected chi connectivity index (χ2v) is 7.40. The Hall–Kier alpha value is -1.07. The van der Waals surface area contributed by atoms with Crippen molar-refractivity contribution in [3.63, 3.8) is 0 Å². The first-order chi connectivity index (χ1) is 9.34. The van der Waals surface area contributed by atoms with E-state index in [1.165, 1.54) is 6.07 Å². The highest BCUT2D eigenvalue weighted by Crippen LogP contribution is 2.32. The van der Waals surface area contributed by atoms with Gasteiger partial charge in [-0.25, -0.2) is 8.42 Å². The van der Waals surface area contributed by atoms with Gasteiger partial charge in [0, 0.05) is 24.9 Å². The second kappa shape index (κ2) is 5.74. The first-order valence-corrected chi connectivity index (χ1v) is 8.93. The predicted octanol–water partition coefficient (Wildman–Crippen LogP) is 2.63. The number of nitrogens with zero attached hydrogens (tertiary/aromatic N) is 1. The molecule has 0 radical (unpaired) electrons. The molecule has 0 atom stereocenters. The van der Waals surface area contributed by atoms with Crippen LogP contribution in [-0.2, 0) is 16.3 Å². The van der Waals surface area contributed by atoms with Crippen molar-refractivity contribution < 1.29 is 13.2 Å². The van der Waals surface area contributed by atoms with Crippen LogP contribution in [0.25, 0.3) is 0 Å². The number of carbonyl (C=O) groups is 1. The molecule has 1 aromatic rings. The van der Waals surface area contributed by atoms with Gasteiger partial charge in [-0.05, 0) is 48.6 Å². The zero-order chi connectivity index (χ0) is 14.9. The van der Waals surface area contributed by atoms with E-state index in [9.17, 15) is 13.2 Å². The average molecular weight is 316 g/mol.